The molecule has 2 aliphatic heterocycles. The third-order valence-electron chi connectivity index (χ3n) is 5.68. The molecule has 2 aliphatic rings. The highest BCUT2D eigenvalue weighted by Crippen LogP contribution is 2.36. The van der Waals surface area contributed by atoms with Crippen LogP contribution in [-0.4, -0.2) is 55.2 Å². The molecule has 2 heterocycles. The molecule has 0 unspecified atom stereocenters. The van der Waals surface area contributed by atoms with Gasteiger partial charge in [0.25, 0.3) is 5.91 Å². The number of urea groups is 1. The molecule has 2 aromatic rings. The van der Waals surface area contributed by atoms with Crippen LogP contribution in [0.25, 0.3) is 0 Å². The number of nitrogens with zero attached hydrogens (tertiary/aromatic N) is 3. The van der Waals surface area contributed by atoms with Gasteiger partial charge in [0, 0.05) is 19.1 Å². The average molecular weight is 467 g/mol. The molecule has 7 nitrogen and oxygen atoms in total. The number of para-hydroxylation sites is 1. The van der Waals surface area contributed by atoms with Gasteiger partial charge in [0.05, 0.1) is 16.1 Å². The highest BCUT2D eigenvalue weighted by atomic mass is 32.2. The van der Waals surface area contributed by atoms with Crippen LogP contribution in [0, 0.1) is 0 Å². The van der Waals surface area contributed by atoms with E-state index >= 15 is 0 Å². The zero-order valence-corrected chi connectivity index (χ0v) is 17.6. The van der Waals surface area contributed by atoms with E-state index in [4.69, 9.17) is 0 Å². The highest BCUT2D eigenvalue weighted by molar-refractivity contribution is 7.89. The van der Waals surface area contributed by atoms with E-state index in [-0.39, 0.29) is 44.4 Å². The molecule has 3 amide bonds. The van der Waals surface area contributed by atoms with Gasteiger partial charge in [-0.2, -0.15) is 17.5 Å². The smallest absolute Gasteiger partial charge is 0.312 e. The van der Waals surface area contributed by atoms with Gasteiger partial charge in [-0.1, -0.05) is 30.3 Å². The van der Waals surface area contributed by atoms with Crippen LogP contribution in [0.1, 0.15) is 18.4 Å². The molecule has 0 bridgehead atoms. The summed E-state index contributed by atoms with van der Waals surface area (Å²) in [5.41, 5.74) is -0.755. The molecule has 0 N–H and O–H groups in total. The Kier molecular flexibility index (Phi) is 5.72. The molecule has 0 saturated carbocycles. The van der Waals surface area contributed by atoms with Gasteiger partial charge in [-0.25, -0.2) is 18.1 Å². The van der Waals surface area contributed by atoms with Gasteiger partial charge in [-0.05, 0) is 37.1 Å². The minimum Gasteiger partial charge on any atom is -0.312 e. The quantitative estimate of drug-likeness (QED) is 0.647. The maximum Gasteiger partial charge on any atom is 0.417 e. The van der Waals surface area contributed by atoms with Crippen LogP contribution in [0.2, 0.25) is 0 Å². The van der Waals surface area contributed by atoms with Crippen LogP contribution in [0.5, 0.6) is 0 Å². The van der Waals surface area contributed by atoms with Crippen LogP contribution in [0.15, 0.2) is 59.5 Å². The van der Waals surface area contributed by atoms with Gasteiger partial charge < -0.3 is 4.90 Å². The van der Waals surface area contributed by atoms with Crippen LogP contribution in [-0.2, 0) is 21.0 Å². The van der Waals surface area contributed by atoms with Crippen molar-refractivity contribution in [2.45, 2.75) is 30.0 Å². The van der Waals surface area contributed by atoms with Crippen LogP contribution in [0.3, 0.4) is 0 Å². The predicted octanol–water partition coefficient (Wildman–Crippen LogP) is 3.33. The Balaban J connectivity index is 1.48. The summed E-state index contributed by atoms with van der Waals surface area (Å²) < 4.78 is 66.8. The second-order valence-electron chi connectivity index (χ2n) is 7.60. The van der Waals surface area contributed by atoms with Crippen molar-refractivity contribution in [3.05, 3.63) is 60.2 Å². The number of imide groups is 1. The average Bonchev–Trinajstić information content (AvgIpc) is 3.07. The van der Waals surface area contributed by atoms with E-state index in [9.17, 15) is 31.2 Å². The lowest BCUT2D eigenvalue weighted by atomic mass is 10.1. The Labute approximate surface area is 183 Å². The molecular weight excluding hydrogens is 447 g/mol. The maximum atomic E-state index is 13.3. The number of carbonyl (C=O) groups excluding carboxylic acids is 2. The van der Waals surface area contributed by atoms with Crippen molar-refractivity contribution in [1.82, 2.24) is 9.21 Å². The monoisotopic (exact) mass is 467 g/mol. The first-order valence-electron chi connectivity index (χ1n) is 9.95. The number of hydrogen-bond acceptors (Lipinski definition) is 4. The third-order valence-corrected chi connectivity index (χ3v) is 7.64. The third kappa shape index (κ3) is 3.97. The van der Waals surface area contributed by atoms with E-state index in [1.165, 1.54) is 11.0 Å². The standard InChI is InChI=1S/C21H20F3N3O4S/c22-21(23,24)17-8-4-5-9-18(17)32(30,31)25-12-10-15(11-13-25)26-14-19(28)27(20(26)29)16-6-2-1-3-7-16/h1-9,15H,10-14H2. The molecule has 2 fully saturated rings. The van der Waals surface area contributed by atoms with Crippen molar-refractivity contribution in [1.29, 1.82) is 0 Å². The maximum absolute atomic E-state index is 13.3. The van der Waals surface area contributed by atoms with Crippen molar-refractivity contribution in [2.75, 3.05) is 24.5 Å². The Bertz CT molecular complexity index is 1130. The van der Waals surface area contributed by atoms with Crippen LogP contribution in [0.4, 0.5) is 23.7 Å². The molecule has 2 saturated heterocycles. The normalized spacial score (nSPS) is 19.1. The molecule has 2 aromatic carbocycles. The van der Waals surface area contributed by atoms with E-state index in [1.54, 1.807) is 30.3 Å². The molecule has 0 radical (unpaired) electrons. The number of rotatable bonds is 4. The Morgan fingerprint density at radius 2 is 1.47 bits per heavy atom. The fourth-order valence-corrected chi connectivity index (χ4v) is 5.78. The largest absolute Gasteiger partial charge is 0.417 e. The summed E-state index contributed by atoms with van der Waals surface area (Å²) in [6.07, 6.45) is -4.37. The fourth-order valence-electron chi connectivity index (χ4n) is 4.10. The molecule has 0 spiro atoms. The number of hydrogen-bond donors (Lipinski definition) is 0. The van der Waals surface area contributed by atoms with E-state index in [0.29, 0.717) is 5.69 Å². The summed E-state index contributed by atoms with van der Waals surface area (Å²) in [7, 11) is -4.37. The van der Waals surface area contributed by atoms with Crippen LogP contribution >= 0.6 is 0 Å². The highest BCUT2D eigenvalue weighted by Gasteiger charge is 2.44. The number of benzene rings is 2. The number of amides is 3. The zero-order valence-electron chi connectivity index (χ0n) is 16.8. The molecule has 170 valence electrons. The molecule has 0 aromatic heterocycles. The fraction of sp³-hybridized carbons (Fsp3) is 0.333. The summed E-state index contributed by atoms with van der Waals surface area (Å²) >= 11 is 0. The van der Waals surface area contributed by atoms with E-state index < -0.39 is 32.7 Å². The number of carbonyl (C=O) groups is 2. The van der Waals surface area contributed by atoms with Gasteiger partial charge in [-0.15, -0.1) is 0 Å². The van der Waals surface area contributed by atoms with Crippen LogP contribution < -0.4 is 4.90 Å². The number of halogens is 3. The van der Waals surface area contributed by atoms with Gasteiger partial charge in [0.15, 0.2) is 0 Å². The van der Waals surface area contributed by atoms with Crippen molar-refractivity contribution < 1.29 is 31.2 Å². The minimum atomic E-state index is -4.80. The summed E-state index contributed by atoms with van der Waals surface area (Å²) in [5.74, 6) is -0.379. The summed E-state index contributed by atoms with van der Waals surface area (Å²) in [5, 5.41) is 0. The number of sulfonamides is 1. The second-order valence-corrected chi connectivity index (χ2v) is 9.51. The molecule has 0 aliphatic carbocycles. The SMILES string of the molecule is O=C1CN(C2CCN(S(=O)(=O)c3ccccc3C(F)(F)F)CC2)C(=O)N1c1ccccc1. The van der Waals surface area contributed by atoms with Gasteiger partial charge in [-0.3, -0.25) is 4.79 Å². The molecule has 32 heavy (non-hydrogen) atoms. The Morgan fingerprint density at radius 1 is 0.875 bits per heavy atom. The Morgan fingerprint density at radius 3 is 2.09 bits per heavy atom. The Hall–Kier alpha value is -2.92. The lowest BCUT2D eigenvalue weighted by Gasteiger charge is -2.35. The van der Waals surface area contributed by atoms with Crippen molar-refractivity contribution in [2.24, 2.45) is 0 Å². The van der Waals surface area contributed by atoms with Crippen molar-refractivity contribution in [3.63, 3.8) is 0 Å². The minimum absolute atomic E-state index is 0.0531. The van der Waals surface area contributed by atoms with Gasteiger partial charge >= 0.3 is 12.2 Å². The molecular formula is C21H20F3N3O4S. The number of alkyl halides is 3. The summed E-state index contributed by atoms with van der Waals surface area (Å²) in [6.45, 7) is -0.229. The first-order chi connectivity index (χ1) is 15.1. The lowest BCUT2D eigenvalue weighted by molar-refractivity contribution is -0.140. The zero-order chi connectivity index (χ0) is 23.1. The first kappa shape index (κ1) is 22.3. The molecule has 4 rings (SSSR count). The first-order valence-corrected chi connectivity index (χ1v) is 11.4. The topological polar surface area (TPSA) is 78.0 Å². The van der Waals surface area contributed by atoms with E-state index in [0.717, 1.165) is 27.4 Å². The summed E-state index contributed by atoms with van der Waals surface area (Å²) in [6, 6.07) is 11.7. The van der Waals surface area contributed by atoms with Gasteiger partial charge in [0.2, 0.25) is 10.0 Å². The number of anilines is 1. The second kappa shape index (κ2) is 8.21. The molecule has 0 atom stereocenters. The van der Waals surface area contributed by atoms with E-state index in [1.807, 2.05) is 0 Å². The van der Waals surface area contributed by atoms with Gasteiger partial charge in [0.1, 0.15) is 6.54 Å². The predicted molar refractivity (Wildman–Crippen MR) is 109 cm³/mol. The molecule has 11 heteroatoms. The summed E-state index contributed by atoms with van der Waals surface area (Å²) in [4.78, 5) is 27.0. The van der Waals surface area contributed by atoms with Crippen molar-refractivity contribution >= 4 is 27.6 Å². The lowest BCUT2D eigenvalue weighted by Crippen LogP contribution is -2.48. The van der Waals surface area contributed by atoms with E-state index in [2.05, 4.69) is 0 Å². The number of piperidine rings is 1. The van der Waals surface area contributed by atoms with Crippen molar-refractivity contribution in [3.8, 4) is 0 Å².